The number of nitrogens with one attached hydrogen (secondary N) is 1. The number of aromatic nitrogens is 6. The van der Waals surface area contributed by atoms with E-state index in [9.17, 15) is 14.0 Å². The van der Waals surface area contributed by atoms with Gasteiger partial charge in [0.15, 0.2) is 5.65 Å². The lowest BCUT2D eigenvalue weighted by atomic mass is 9.92. The lowest BCUT2D eigenvalue weighted by Crippen LogP contribution is -2.35. The number of carbonyl (C=O) groups is 1. The number of hydrogen-bond donors (Lipinski definition) is 2. The number of nitrogen functional groups attached to an aromatic ring is 1. The Morgan fingerprint density at radius 1 is 1.13 bits per heavy atom. The fourth-order valence-electron chi connectivity index (χ4n) is 5.01. The highest BCUT2D eigenvalue weighted by Gasteiger charge is 2.30. The van der Waals surface area contributed by atoms with Crippen molar-refractivity contribution in [2.24, 2.45) is 0 Å². The summed E-state index contributed by atoms with van der Waals surface area (Å²) < 4.78 is 18.0. The van der Waals surface area contributed by atoms with E-state index in [0.717, 1.165) is 24.8 Å². The minimum Gasteiger partial charge on any atom is -0.383 e. The second-order valence-corrected chi connectivity index (χ2v) is 9.45. The zero-order valence-corrected chi connectivity index (χ0v) is 20.8. The van der Waals surface area contributed by atoms with E-state index in [1.165, 1.54) is 12.4 Å². The Labute approximate surface area is 216 Å². The third kappa shape index (κ3) is 3.61. The Bertz CT molecular complexity index is 1770. The van der Waals surface area contributed by atoms with Crippen LogP contribution in [-0.4, -0.2) is 42.3 Å². The van der Waals surface area contributed by atoms with E-state index in [1.807, 2.05) is 6.92 Å². The molecule has 192 valence electrons. The van der Waals surface area contributed by atoms with Crippen LogP contribution in [0.2, 0.25) is 0 Å². The van der Waals surface area contributed by atoms with Gasteiger partial charge >= 0.3 is 0 Å². The van der Waals surface area contributed by atoms with Gasteiger partial charge in [0.1, 0.15) is 40.9 Å². The molecule has 10 nitrogen and oxygen atoms in total. The molecule has 5 aromatic rings. The first kappa shape index (κ1) is 23.7. The lowest BCUT2D eigenvalue weighted by molar-refractivity contribution is 0.0963. The number of halogens is 1. The predicted molar refractivity (Wildman–Crippen MR) is 141 cm³/mol. The van der Waals surface area contributed by atoms with Crippen molar-refractivity contribution in [2.75, 3.05) is 12.8 Å². The quantitative estimate of drug-likeness (QED) is 0.367. The van der Waals surface area contributed by atoms with Crippen molar-refractivity contribution in [1.29, 1.82) is 0 Å². The monoisotopic (exact) mass is 512 g/mol. The SMILES string of the molecule is CNC(=O)c1ccc(-c2nn(C(C)c3nc4cccc(F)c4c(=O)n3C3CCC3)c3ncnc(N)c23)cc1. The standard InChI is InChI=1S/C27H25FN8O2/c1-14(24-33-19-8-4-7-18(28)20(19)27(38)35(24)17-5-3-6-17)36-25-21(23(29)31-13-32-25)22(34-36)15-9-11-16(12-10-15)26(37)30-2/h4,7-14,17H,3,5-6H2,1-2H3,(H,30,37)(H2,29,31,32). The van der Waals surface area contributed by atoms with Crippen molar-refractivity contribution in [1.82, 2.24) is 34.6 Å². The first-order valence-electron chi connectivity index (χ1n) is 12.4. The number of hydrogen-bond acceptors (Lipinski definition) is 7. The first-order chi connectivity index (χ1) is 18.4. The molecule has 11 heteroatoms. The van der Waals surface area contributed by atoms with Crippen LogP contribution in [0, 0.1) is 5.82 Å². The van der Waals surface area contributed by atoms with Crippen molar-refractivity contribution in [3.8, 4) is 11.3 Å². The van der Waals surface area contributed by atoms with E-state index in [2.05, 4.69) is 15.3 Å². The van der Waals surface area contributed by atoms with Crippen LogP contribution in [0.15, 0.2) is 53.6 Å². The van der Waals surface area contributed by atoms with Gasteiger partial charge in [-0.2, -0.15) is 5.10 Å². The minimum absolute atomic E-state index is 0.0101. The number of anilines is 1. The molecule has 1 saturated carbocycles. The van der Waals surface area contributed by atoms with Gasteiger partial charge in [-0.05, 0) is 50.5 Å². The number of carbonyl (C=O) groups excluding carboxylic acids is 1. The highest BCUT2D eigenvalue weighted by molar-refractivity contribution is 5.99. The van der Waals surface area contributed by atoms with Crippen molar-refractivity contribution in [3.05, 3.63) is 76.4 Å². The van der Waals surface area contributed by atoms with Crippen LogP contribution >= 0.6 is 0 Å². The van der Waals surface area contributed by atoms with E-state index < -0.39 is 17.4 Å². The van der Waals surface area contributed by atoms with Gasteiger partial charge in [0.25, 0.3) is 11.5 Å². The fourth-order valence-corrected chi connectivity index (χ4v) is 5.01. The van der Waals surface area contributed by atoms with E-state index in [1.54, 1.807) is 52.7 Å². The van der Waals surface area contributed by atoms with Crippen LogP contribution in [0.1, 0.15) is 54.5 Å². The van der Waals surface area contributed by atoms with Gasteiger partial charge < -0.3 is 11.1 Å². The number of benzene rings is 2. The molecule has 0 radical (unpaired) electrons. The Morgan fingerprint density at radius 2 is 1.89 bits per heavy atom. The maximum absolute atomic E-state index is 14.7. The van der Waals surface area contributed by atoms with Crippen molar-refractivity contribution in [3.63, 3.8) is 0 Å². The van der Waals surface area contributed by atoms with E-state index in [0.29, 0.717) is 33.6 Å². The number of amides is 1. The lowest BCUT2D eigenvalue weighted by Gasteiger charge is -2.31. The number of nitrogens with zero attached hydrogens (tertiary/aromatic N) is 6. The number of rotatable bonds is 5. The first-order valence-corrected chi connectivity index (χ1v) is 12.4. The van der Waals surface area contributed by atoms with Gasteiger partial charge in [-0.3, -0.25) is 14.2 Å². The molecule has 1 amide bonds. The van der Waals surface area contributed by atoms with E-state index in [4.69, 9.17) is 15.8 Å². The van der Waals surface area contributed by atoms with Gasteiger partial charge in [0, 0.05) is 24.2 Å². The maximum atomic E-state index is 14.7. The summed E-state index contributed by atoms with van der Waals surface area (Å²) in [4.78, 5) is 39.0. The van der Waals surface area contributed by atoms with Gasteiger partial charge in [0.05, 0.1) is 10.9 Å². The zero-order chi connectivity index (χ0) is 26.6. The van der Waals surface area contributed by atoms with Crippen LogP contribution in [0.5, 0.6) is 0 Å². The molecule has 0 spiro atoms. The molecule has 1 atom stereocenters. The molecule has 1 unspecified atom stereocenters. The maximum Gasteiger partial charge on any atom is 0.264 e. The third-order valence-corrected chi connectivity index (χ3v) is 7.25. The van der Waals surface area contributed by atoms with Gasteiger partial charge in [-0.1, -0.05) is 18.2 Å². The Balaban J connectivity index is 1.56. The molecule has 0 bridgehead atoms. The van der Waals surface area contributed by atoms with E-state index in [-0.39, 0.29) is 23.2 Å². The zero-order valence-electron chi connectivity index (χ0n) is 20.8. The summed E-state index contributed by atoms with van der Waals surface area (Å²) in [6.07, 6.45) is 3.99. The molecule has 2 aromatic carbocycles. The largest absolute Gasteiger partial charge is 0.383 e. The predicted octanol–water partition coefficient (Wildman–Crippen LogP) is 3.62. The molecule has 1 aliphatic rings. The minimum atomic E-state index is -0.584. The molecule has 38 heavy (non-hydrogen) atoms. The second-order valence-electron chi connectivity index (χ2n) is 9.45. The van der Waals surface area contributed by atoms with E-state index >= 15 is 0 Å². The fraction of sp³-hybridized carbons (Fsp3) is 0.259. The molecular weight excluding hydrogens is 487 g/mol. The van der Waals surface area contributed by atoms with Crippen LogP contribution < -0.4 is 16.6 Å². The molecule has 6 rings (SSSR count). The van der Waals surface area contributed by atoms with Crippen LogP contribution in [-0.2, 0) is 0 Å². The van der Waals surface area contributed by atoms with Gasteiger partial charge in [-0.25, -0.2) is 24.0 Å². The van der Waals surface area contributed by atoms with Crippen LogP contribution in [0.4, 0.5) is 10.2 Å². The van der Waals surface area contributed by atoms with Crippen molar-refractivity contribution in [2.45, 2.75) is 38.3 Å². The smallest absolute Gasteiger partial charge is 0.264 e. The summed E-state index contributed by atoms with van der Waals surface area (Å²) in [6, 6.07) is 10.9. The topological polar surface area (TPSA) is 134 Å². The molecule has 1 aliphatic carbocycles. The molecule has 3 heterocycles. The highest BCUT2D eigenvalue weighted by Crippen LogP contribution is 2.36. The van der Waals surface area contributed by atoms with Crippen molar-refractivity contribution >= 4 is 33.7 Å². The Morgan fingerprint density at radius 3 is 2.58 bits per heavy atom. The molecule has 0 aliphatic heterocycles. The van der Waals surface area contributed by atoms with Crippen molar-refractivity contribution < 1.29 is 9.18 Å². The summed E-state index contributed by atoms with van der Waals surface area (Å²) in [6.45, 7) is 1.88. The van der Waals surface area contributed by atoms with Gasteiger partial charge in [-0.15, -0.1) is 0 Å². The second kappa shape index (κ2) is 9.02. The third-order valence-electron chi connectivity index (χ3n) is 7.25. The summed E-state index contributed by atoms with van der Waals surface area (Å²) in [5.74, 6) is -0.0549. The molecule has 0 saturated heterocycles. The summed E-state index contributed by atoms with van der Waals surface area (Å²) >= 11 is 0. The number of fused-ring (bicyclic) bond motifs is 2. The average molecular weight is 513 g/mol. The van der Waals surface area contributed by atoms with Crippen LogP contribution in [0.25, 0.3) is 33.2 Å². The highest BCUT2D eigenvalue weighted by atomic mass is 19.1. The van der Waals surface area contributed by atoms with Crippen LogP contribution in [0.3, 0.4) is 0 Å². The average Bonchev–Trinajstić information content (AvgIpc) is 3.29. The summed E-state index contributed by atoms with van der Waals surface area (Å²) in [5.41, 5.74) is 8.44. The normalized spacial score (nSPS) is 14.5. The van der Waals surface area contributed by atoms with Gasteiger partial charge in [0.2, 0.25) is 0 Å². The molecule has 3 aromatic heterocycles. The molecule has 3 N–H and O–H groups in total. The molecular formula is C27H25FN8O2. The summed E-state index contributed by atoms with van der Waals surface area (Å²) in [7, 11) is 1.57. The Hall–Kier alpha value is -4.67. The number of nitrogens with two attached hydrogens (primary N) is 1. The Kier molecular flexibility index (Phi) is 5.63. The molecule has 1 fully saturated rings. The summed E-state index contributed by atoms with van der Waals surface area (Å²) in [5, 5.41) is 8.01.